The molecule has 0 radical (unpaired) electrons. The number of benzene rings is 3. The van der Waals surface area contributed by atoms with Gasteiger partial charge >= 0.3 is 0 Å². The third-order valence-corrected chi connectivity index (χ3v) is 7.16. The smallest absolute Gasteiger partial charge is 0.254 e. The maximum absolute atomic E-state index is 13.5. The first-order valence-electron chi connectivity index (χ1n) is 11.9. The van der Waals surface area contributed by atoms with Crippen LogP contribution in [0.2, 0.25) is 10.0 Å². The largest absolute Gasteiger partial charge is 0.335 e. The van der Waals surface area contributed by atoms with E-state index in [1.54, 1.807) is 18.2 Å². The molecule has 1 N–H and O–H groups in total. The van der Waals surface area contributed by atoms with E-state index in [0.717, 1.165) is 31.3 Å². The number of amides is 1. The van der Waals surface area contributed by atoms with Crippen LogP contribution < -0.4 is 5.32 Å². The number of rotatable bonds is 6. The van der Waals surface area contributed by atoms with Crippen LogP contribution in [0, 0.1) is 0 Å². The first kappa shape index (κ1) is 23.8. The standard InChI is InChI=1S/C29H27Cl2N3O/c30-23-15-22(16-24(31)17-23)29(35)34-13-11-25(18-26(34)14-20-6-2-1-3-7-20)33-19-21-10-12-32-28-9-5-4-8-27(21)28/h1-10,12,15-17,25-26,33H,11,13-14,18-19H2/t25-,26-/m0/s1. The van der Waals surface area contributed by atoms with Crippen molar-refractivity contribution in [3.05, 3.63) is 112 Å². The van der Waals surface area contributed by atoms with Crippen molar-refractivity contribution in [2.45, 2.75) is 37.9 Å². The Morgan fingerprint density at radius 1 is 0.971 bits per heavy atom. The Hall–Kier alpha value is -2.92. The zero-order chi connectivity index (χ0) is 24.2. The SMILES string of the molecule is O=C(c1cc(Cl)cc(Cl)c1)N1CC[C@H](NCc2ccnc3ccccc23)C[C@@H]1Cc1ccccc1. The van der Waals surface area contributed by atoms with E-state index in [9.17, 15) is 4.79 Å². The minimum Gasteiger partial charge on any atom is -0.335 e. The number of fused-ring (bicyclic) bond motifs is 1. The van der Waals surface area contributed by atoms with Gasteiger partial charge in [-0.1, -0.05) is 71.7 Å². The predicted octanol–water partition coefficient (Wildman–Crippen LogP) is 6.55. The molecule has 0 unspecified atom stereocenters. The zero-order valence-corrected chi connectivity index (χ0v) is 20.8. The minimum atomic E-state index is -0.0195. The van der Waals surface area contributed by atoms with Crippen LogP contribution in [0.15, 0.2) is 85.1 Å². The lowest BCUT2D eigenvalue weighted by Crippen LogP contribution is -2.51. The number of hydrogen-bond donors (Lipinski definition) is 1. The average molecular weight is 504 g/mol. The van der Waals surface area contributed by atoms with Gasteiger partial charge in [-0.2, -0.15) is 0 Å². The van der Waals surface area contributed by atoms with Gasteiger partial charge in [-0.3, -0.25) is 9.78 Å². The third-order valence-electron chi connectivity index (χ3n) is 6.72. The fourth-order valence-corrected chi connectivity index (χ4v) is 5.52. The highest BCUT2D eigenvalue weighted by atomic mass is 35.5. The molecular formula is C29H27Cl2N3O. The first-order chi connectivity index (χ1) is 17.1. The lowest BCUT2D eigenvalue weighted by atomic mass is 9.91. The van der Waals surface area contributed by atoms with E-state index in [1.807, 2.05) is 41.4 Å². The Balaban J connectivity index is 1.34. The van der Waals surface area contributed by atoms with Gasteiger partial charge in [0.15, 0.2) is 0 Å². The Bertz CT molecular complexity index is 1300. The number of aromatic nitrogens is 1. The lowest BCUT2D eigenvalue weighted by Gasteiger charge is -2.40. The summed E-state index contributed by atoms with van der Waals surface area (Å²) >= 11 is 12.4. The number of para-hydroxylation sites is 1. The van der Waals surface area contributed by atoms with Crippen LogP contribution in [0.3, 0.4) is 0 Å². The summed E-state index contributed by atoms with van der Waals surface area (Å²) in [4.78, 5) is 20.0. The summed E-state index contributed by atoms with van der Waals surface area (Å²) < 4.78 is 0. The number of halogens is 2. The molecule has 5 rings (SSSR count). The Labute approximate surface area is 215 Å². The van der Waals surface area contributed by atoms with Gasteiger partial charge in [0.25, 0.3) is 5.91 Å². The number of pyridine rings is 1. The Morgan fingerprint density at radius 2 is 1.71 bits per heavy atom. The molecule has 6 heteroatoms. The summed E-state index contributed by atoms with van der Waals surface area (Å²) in [6, 6.07) is 26.1. The molecule has 35 heavy (non-hydrogen) atoms. The number of nitrogens with zero attached hydrogens (tertiary/aromatic N) is 2. The topological polar surface area (TPSA) is 45.2 Å². The molecule has 1 fully saturated rings. The summed E-state index contributed by atoms with van der Waals surface area (Å²) in [5, 5.41) is 5.88. The van der Waals surface area contributed by atoms with Crippen LogP contribution in [0.5, 0.6) is 0 Å². The maximum Gasteiger partial charge on any atom is 0.254 e. The van der Waals surface area contributed by atoms with Gasteiger partial charge in [0.1, 0.15) is 0 Å². The highest BCUT2D eigenvalue weighted by Crippen LogP contribution is 2.27. The summed E-state index contributed by atoms with van der Waals surface area (Å²) in [5.74, 6) is -0.0195. The number of hydrogen-bond acceptors (Lipinski definition) is 3. The lowest BCUT2D eigenvalue weighted by molar-refractivity contribution is 0.0576. The molecule has 178 valence electrons. The number of likely N-dealkylation sites (tertiary alicyclic amines) is 1. The molecule has 0 saturated carbocycles. The fraction of sp³-hybridized carbons (Fsp3) is 0.241. The summed E-state index contributed by atoms with van der Waals surface area (Å²) in [6.45, 7) is 1.44. The van der Waals surface area contributed by atoms with Crippen molar-refractivity contribution in [2.24, 2.45) is 0 Å². The van der Waals surface area contributed by atoms with Crippen molar-refractivity contribution in [2.75, 3.05) is 6.54 Å². The second-order valence-corrected chi connectivity index (χ2v) is 9.96. The molecule has 1 aliphatic rings. The zero-order valence-electron chi connectivity index (χ0n) is 19.3. The molecule has 2 heterocycles. The number of nitrogens with one attached hydrogen (secondary N) is 1. The van der Waals surface area contributed by atoms with Crippen molar-refractivity contribution in [1.82, 2.24) is 15.2 Å². The average Bonchev–Trinajstić information content (AvgIpc) is 2.87. The molecule has 4 aromatic rings. The molecule has 1 aliphatic heterocycles. The van der Waals surface area contributed by atoms with E-state index >= 15 is 0 Å². The van der Waals surface area contributed by atoms with Gasteiger partial charge in [-0.25, -0.2) is 0 Å². The Kier molecular flexibility index (Phi) is 7.33. The first-order valence-corrected chi connectivity index (χ1v) is 12.7. The number of carbonyl (C=O) groups excluding carboxylic acids is 1. The van der Waals surface area contributed by atoms with Gasteiger partial charge in [0.05, 0.1) is 5.52 Å². The van der Waals surface area contributed by atoms with Crippen LogP contribution >= 0.6 is 23.2 Å². The third kappa shape index (κ3) is 5.67. The summed E-state index contributed by atoms with van der Waals surface area (Å²) in [6.07, 6.45) is 4.43. The van der Waals surface area contributed by atoms with Crippen LogP contribution in [-0.2, 0) is 13.0 Å². The molecular weight excluding hydrogens is 477 g/mol. The Morgan fingerprint density at radius 3 is 2.51 bits per heavy atom. The van der Waals surface area contributed by atoms with E-state index in [4.69, 9.17) is 23.2 Å². The molecule has 3 aromatic carbocycles. The van der Waals surface area contributed by atoms with Gasteiger partial charge in [0, 0.05) is 52.4 Å². The van der Waals surface area contributed by atoms with Crippen LogP contribution in [0.4, 0.5) is 0 Å². The van der Waals surface area contributed by atoms with Crippen LogP contribution in [0.25, 0.3) is 10.9 Å². The number of piperidine rings is 1. The van der Waals surface area contributed by atoms with Crippen molar-refractivity contribution >= 4 is 40.0 Å². The van der Waals surface area contributed by atoms with E-state index in [2.05, 4.69) is 40.6 Å². The fourth-order valence-electron chi connectivity index (χ4n) is 4.99. The van der Waals surface area contributed by atoms with Crippen LogP contribution in [-0.4, -0.2) is 34.4 Å². The van der Waals surface area contributed by atoms with Crippen molar-refractivity contribution in [3.8, 4) is 0 Å². The van der Waals surface area contributed by atoms with E-state index in [1.165, 1.54) is 16.5 Å². The molecule has 0 aliphatic carbocycles. The summed E-state index contributed by atoms with van der Waals surface area (Å²) in [5.41, 5.74) is 4.01. The molecule has 0 bridgehead atoms. The minimum absolute atomic E-state index is 0.0195. The highest BCUT2D eigenvalue weighted by molar-refractivity contribution is 6.35. The van der Waals surface area contributed by atoms with Gasteiger partial charge < -0.3 is 10.2 Å². The van der Waals surface area contributed by atoms with Crippen molar-refractivity contribution in [1.29, 1.82) is 0 Å². The second kappa shape index (κ2) is 10.8. The van der Waals surface area contributed by atoms with E-state index in [-0.39, 0.29) is 11.9 Å². The number of carbonyl (C=O) groups is 1. The summed E-state index contributed by atoms with van der Waals surface area (Å²) in [7, 11) is 0. The van der Waals surface area contributed by atoms with Crippen molar-refractivity contribution in [3.63, 3.8) is 0 Å². The van der Waals surface area contributed by atoms with Gasteiger partial charge in [0.2, 0.25) is 0 Å². The van der Waals surface area contributed by atoms with Gasteiger partial charge in [-0.05, 0) is 60.7 Å². The van der Waals surface area contributed by atoms with E-state index < -0.39 is 0 Å². The normalized spacial score (nSPS) is 18.1. The molecule has 2 atom stereocenters. The van der Waals surface area contributed by atoms with Crippen molar-refractivity contribution < 1.29 is 4.79 Å². The molecule has 1 aromatic heterocycles. The van der Waals surface area contributed by atoms with Gasteiger partial charge in [-0.15, -0.1) is 0 Å². The molecule has 1 saturated heterocycles. The molecule has 4 nitrogen and oxygen atoms in total. The maximum atomic E-state index is 13.5. The highest BCUT2D eigenvalue weighted by Gasteiger charge is 2.32. The monoisotopic (exact) mass is 503 g/mol. The molecule has 1 amide bonds. The predicted molar refractivity (Wildman–Crippen MR) is 143 cm³/mol. The van der Waals surface area contributed by atoms with E-state index in [0.29, 0.717) is 28.2 Å². The quantitative estimate of drug-likeness (QED) is 0.324. The molecule has 0 spiro atoms. The van der Waals surface area contributed by atoms with Crippen LogP contribution in [0.1, 0.15) is 34.3 Å². The second-order valence-electron chi connectivity index (χ2n) is 9.09.